The fourth-order valence-corrected chi connectivity index (χ4v) is 0.983. The van der Waals surface area contributed by atoms with Gasteiger partial charge in [-0.2, -0.15) is 0 Å². The Hall–Kier alpha value is -1.91. The first-order valence-corrected chi connectivity index (χ1v) is 3.43. The minimum Gasteiger partial charge on any atom is -0.507 e. The summed E-state index contributed by atoms with van der Waals surface area (Å²) in [6, 6.07) is 1.07. The summed E-state index contributed by atoms with van der Waals surface area (Å²) in [4.78, 5) is 10.5. The molecule has 0 amide bonds. The normalized spacial score (nSPS) is 9.92. The SMILES string of the molecule is Cc1cc(O)c(C(=O)O)c(O)c1O. The Morgan fingerprint density at radius 3 is 2.23 bits per heavy atom. The second-order valence-corrected chi connectivity index (χ2v) is 2.59. The second kappa shape index (κ2) is 2.85. The number of rotatable bonds is 1. The molecule has 0 aliphatic carbocycles. The first-order valence-electron chi connectivity index (χ1n) is 3.43. The van der Waals surface area contributed by atoms with E-state index in [-0.39, 0.29) is 5.56 Å². The summed E-state index contributed by atoms with van der Waals surface area (Å²) in [6.07, 6.45) is 0. The predicted molar refractivity (Wildman–Crippen MR) is 43.1 cm³/mol. The standard InChI is InChI=1S/C8H8O5/c1-3-2-4(9)5(8(12)13)7(11)6(3)10/h2,9-11H,1H3,(H,12,13). The van der Waals surface area contributed by atoms with E-state index >= 15 is 0 Å². The molecular formula is C8H8O5. The molecule has 0 radical (unpaired) electrons. The molecule has 4 N–H and O–H groups in total. The number of aromatic hydroxyl groups is 3. The smallest absolute Gasteiger partial charge is 0.343 e. The maximum atomic E-state index is 10.5. The summed E-state index contributed by atoms with van der Waals surface area (Å²) >= 11 is 0. The fraction of sp³-hybridized carbons (Fsp3) is 0.125. The number of aryl methyl sites for hydroxylation is 1. The summed E-state index contributed by atoms with van der Waals surface area (Å²) in [6.45, 7) is 1.43. The van der Waals surface area contributed by atoms with E-state index in [2.05, 4.69) is 0 Å². The molecule has 0 atom stereocenters. The molecule has 0 bridgehead atoms. The van der Waals surface area contributed by atoms with Crippen LogP contribution in [0.1, 0.15) is 15.9 Å². The molecule has 1 aromatic rings. The Balaban J connectivity index is 3.53. The van der Waals surface area contributed by atoms with Crippen molar-refractivity contribution < 1.29 is 25.2 Å². The summed E-state index contributed by atoms with van der Waals surface area (Å²) in [7, 11) is 0. The molecule has 0 saturated heterocycles. The molecule has 0 fully saturated rings. The molecule has 0 spiro atoms. The van der Waals surface area contributed by atoms with Gasteiger partial charge in [0, 0.05) is 0 Å². The van der Waals surface area contributed by atoms with Crippen LogP contribution in [0.15, 0.2) is 6.07 Å². The van der Waals surface area contributed by atoms with E-state index in [1.54, 1.807) is 0 Å². The van der Waals surface area contributed by atoms with Gasteiger partial charge < -0.3 is 20.4 Å². The van der Waals surface area contributed by atoms with Gasteiger partial charge in [0.15, 0.2) is 11.5 Å². The number of carboxylic acid groups (broad SMARTS) is 1. The lowest BCUT2D eigenvalue weighted by atomic mass is 10.1. The van der Waals surface area contributed by atoms with Gasteiger partial charge in [0.05, 0.1) is 0 Å². The summed E-state index contributed by atoms with van der Waals surface area (Å²) in [5.74, 6) is -3.41. The highest BCUT2D eigenvalue weighted by molar-refractivity contribution is 5.95. The Morgan fingerprint density at radius 1 is 1.23 bits per heavy atom. The number of phenolic OH excluding ortho intramolecular Hbond substituents is 1. The Kier molecular flexibility index (Phi) is 2.02. The predicted octanol–water partition coefficient (Wildman–Crippen LogP) is 0.810. The monoisotopic (exact) mass is 184 g/mol. The van der Waals surface area contributed by atoms with Crippen molar-refractivity contribution in [2.24, 2.45) is 0 Å². The van der Waals surface area contributed by atoms with Crippen LogP contribution in [0.4, 0.5) is 0 Å². The van der Waals surface area contributed by atoms with Crippen molar-refractivity contribution in [2.45, 2.75) is 6.92 Å². The quantitative estimate of drug-likeness (QED) is 0.382. The molecule has 70 valence electrons. The van der Waals surface area contributed by atoms with Crippen molar-refractivity contribution in [3.63, 3.8) is 0 Å². The van der Waals surface area contributed by atoms with E-state index < -0.39 is 28.8 Å². The molecular weight excluding hydrogens is 176 g/mol. The van der Waals surface area contributed by atoms with Gasteiger partial charge in [-0.25, -0.2) is 4.79 Å². The molecule has 0 unspecified atom stereocenters. The van der Waals surface area contributed by atoms with Gasteiger partial charge in [-0.15, -0.1) is 0 Å². The second-order valence-electron chi connectivity index (χ2n) is 2.59. The van der Waals surface area contributed by atoms with Crippen molar-refractivity contribution in [1.82, 2.24) is 0 Å². The van der Waals surface area contributed by atoms with Crippen LogP contribution in [0.5, 0.6) is 17.2 Å². The molecule has 1 rings (SSSR count). The lowest BCUT2D eigenvalue weighted by molar-refractivity contribution is 0.0689. The van der Waals surface area contributed by atoms with Gasteiger partial charge >= 0.3 is 5.97 Å². The summed E-state index contributed by atoms with van der Waals surface area (Å²) < 4.78 is 0. The zero-order chi connectivity index (χ0) is 10.2. The van der Waals surface area contributed by atoms with E-state index in [1.165, 1.54) is 6.92 Å². The molecule has 0 aliphatic rings. The molecule has 5 heteroatoms. The largest absolute Gasteiger partial charge is 0.507 e. The number of hydrogen-bond donors (Lipinski definition) is 4. The van der Waals surface area contributed by atoms with Crippen LogP contribution in [-0.2, 0) is 0 Å². The highest BCUT2D eigenvalue weighted by atomic mass is 16.4. The van der Waals surface area contributed by atoms with E-state index in [1.807, 2.05) is 0 Å². The maximum Gasteiger partial charge on any atom is 0.343 e. The van der Waals surface area contributed by atoms with Crippen molar-refractivity contribution in [2.75, 3.05) is 0 Å². The van der Waals surface area contributed by atoms with Gasteiger partial charge in [-0.05, 0) is 18.6 Å². The van der Waals surface area contributed by atoms with E-state index in [4.69, 9.17) is 20.4 Å². The van der Waals surface area contributed by atoms with Crippen LogP contribution in [-0.4, -0.2) is 26.4 Å². The first kappa shape index (κ1) is 9.18. The number of hydrogen-bond acceptors (Lipinski definition) is 4. The molecule has 0 aliphatic heterocycles. The topological polar surface area (TPSA) is 98.0 Å². The molecule has 0 aromatic heterocycles. The highest BCUT2D eigenvalue weighted by Gasteiger charge is 2.20. The minimum atomic E-state index is -1.50. The van der Waals surface area contributed by atoms with Crippen LogP contribution in [0.25, 0.3) is 0 Å². The van der Waals surface area contributed by atoms with E-state index in [9.17, 15) is 4.79 Å². The minimum absolute atomic E-state index is 0.208. The van der Waals surface area contributed by atoms with Crippen LogP contribution in [0, 0.1) is 6.92 Å². The number of benzene rings is 1. The number of phenols is 3. The van der Waals surface area contributed by atoms with Gasteiger partial charge in [0.1, 0.15) is 11.3 Å². The highest BCUT2D eigenvalue weighted by Crippen LogP contribution is 2.37. The molecule has 1 aromatic carbocycles. The zero-order valence-corrected chi connectivity index (χ0v) is 6.77. The zero-order valence-electron chi connectivity index (χ0n) is 6.77. The fourth-order valence-electron chi connectivity index (χ4n) is 0.983. The van der Waals surface area contributed by atoms with Crippen molar-refractivity contribution >= 4 is 5.97 Å². The Bertz CT molecular complexity index is 369. The van der Waals surface area contributed by atoms with E-state index in [0.717, 1.165) is 6.07 Å². The van der Waals surface area contributed by atoms with Crippen LogP contribution in [0.3, 0.4) is 0 Å². The lowest BCUT2D eigenvalue weighted by Gasteiger charge is -2.06. The van der Waals surface area contributed by atoms with Gasteiger partial charge in [0.2, 0.25) is 0 Å². The third kappa shape index (κ3) is 1.35. The molecule has 5 nitrogen and oxygen atoms in total. The first-order chi connectivity index (χ1) is 5.95. The molecule has 13 heavy (non-hydrogen) atoms. The van der Waals surface area contributed by atoms with Crippen molar-refractivity contribution in [1.29, 1.82) is 0 Å². The lowest BCUT2D eigenvalue weighted by Crippen LogP contribution is -1.98. The van der Waals surface area contributed by atoms with Gasteiger partial charge in [-0.1, -0.05) is 0 Å². The third-order valence-corrected chi connectivity index (χ3v) is 1.66. The molecule has 0 heterocycles. The summed E-state index contributed by atoms with van der Waals surface area (Å²) in [5.41, 5.74) is -0.483. The van der Waals surface area contributed by atoms with Crippen LogP contribution < -0.4 is 0 Å². The average Bonchev–Trinajstić information content (AvgIpc) is 1.99. The number of carbonyl (C=O) groups is 1. The maximum absolute atomic E-state index is 10.5. The number of carboxylic acids is 1. The Labute approximate surface area is 73.5 Å². The van der Waals surface area contributed by atoms with Crippen molar-refractivity contribution in [3.8, 4) is 17.2 Å². The Morgan fingerprint density at radius 2 is 1.77 bits per heavy atom. The average molecular weight is 184 g/mol. The third-order valence-electron chi connectivity index (χ3n) is 1.66. The summed E-state index contributed by atoms with van der Waals surface area (Å²) in [5, 5.41) is 35.9. The van der Waals surface area contributed by atoms with Gasteiger partial charge in [-0.3, -0.25) is 0 Å². The van der Waals surface area contributed by atoms with Crippen LogP contribution in [0.2, 0.25) is 0 Å². The molecule has 0 saturated carbocycles. The van der Waals surface area contributed by atoms with Gasteiger partial charge in [0.25, 0.3) is 0 Å². The number of aromatic carboxylic acids is 1. The van der Waals surface area contributed by atoms with E-state index in [0.29, 0.717) is 0 Å². The van der Waals surface area contributed by atoms with Crippen LogP contribution >= 0.6 is 0 Å². The van der Waals surface area contributed by atoms with Crippen molar-refractivity contribution in [3.05, 3.63) is 17.2 Å².